The van der Waals surface area contributed by atoms with Gasteiger partial charge in [0, 0.05) is 36.1 Å². The van der Waals surface area contributed by atoms with E-state index < -0.39 is 10.0 Å². The molecular formula is C35H31N5O2S. The number of pyridine rings is 1. The van der Waals surface area contributed by atoms with Gasteiger partial charge in [0.15, 0.2) is 0 Å². The van der Waals surface area contributed by atoms with Crippen molar-refractivity contribution in [1.82, 2.24) is 19.3 Å². The van der Waals surface area contributed by atoms with Crippen LogP contribution in [-0.4, -0.2) is 33.7 Å². The molecular weight excluding hydrogens is 554 g/mol. The lowest BCUT2D eigenvalue weighted by Crippen LogP contribution is -2.33. The molecule has 0 unspecified atom stereocenters. The second-order valence-electron chi connectivity index (χ2n) is 11.1. The van der Waals surface area contributed by atoms with Crippen LogP contribution in [0.5, 0.6) is 0 Å². The third-order valence-corrected chi connectivity index (χ3v) is 9.84. The molecule has 1 fully saturated rings. The van der Waals surface area contributed by atoms with Gasteiger partial charge in [-0.3, -0.25) is 4.98 Å². The Labute approximate surface area is 251 Å². The summed E-state index contributed by atoms with van der Waals surface area (Å²) in [6.07, 6.45) is 4.95. The highest BCUT2D eigenvalue weighted by Gasteiger charge is 2.39. The van der Waals surface area contributed by atoms with Crippen LogP contribution in [-0.2, 0) is 23.1 Å². The van der Waals surface area contributed by atoms with E-state index >= 15 is 0 Å². The molecule has 0 amide bonds. The summed E-state index contributed by atoms with van der Waals surface area (Å²) in [5, 5.41) is 5.23. The van der Waals surface area contributed by atoms with Crippen molar-refractivity contribution in [2.24, 2.45) is 0 Å². The van der Waals surface area contributed by atoms with Crippen molar-refractivity contribution in [2.75, 3.05) is 5.32 Å². The number of rotatable bonds is 9. The van der Waals surface area contributed by atoms with E-state index in [4.69, 9.17) is 0 Å². The zero-order chi connectivity index (χ0) is 29.4. The number of aromatic nitrogens is 3. The summed E-state index contributed by atoms with van der Waals surface area (Å²) in [4.78, 5) is 13.7. The molecule has 0 saturated heterocycles. The normalized spacial score (nSPS) is 13.5. The van der Waals surface area contributed by atoms with Crippen LogP contribution in [0.15, 0.2) is 114 Å². The molecule has 0 radical (unpaired) electrons. The van der Waals surface area contributed by atoms with Gasteiger partial charge in [-0.15, -0.1) is 0 Å². The highest BCUT2D eigenvalue weighted by Crippen LogP contribution is 2.36. The van der Waals surface area contributed by atoms with Gasteiger partial charge in [0.2, 0.25) is 10.0 Å². The first-order chi connectivity index (χ1) is 21.0. The van der Waals surface area contributed by atoms with E-state index in [0.717, 1.165) is 51.6 Å². The largest absolute Gasteiger partial charge is 0.365 e. The van der Waals surface area contributed by atoms with E-state index in [1.807, 2.05) is 36.4 Å². The Morgan fingerprint density at radius 3 is 2.47 bits per heavy atom. The molecule has 7 nitrogen and oxygen atoms in total. The van der Waals surface area contributed by atoms with Crippen molar-refractivity contribution in [2.45, 2.75) is 43.8 Å². The second-order valence-corrected chi connectivity index (χ2v) is 13.0. The van der Waals surface area contributed by atoms with Crippen LogP contribution in [0.3, 0.4) is 0 Å². The maximum absolute atomic E-state index is 14.0. The predicted octanol–water partition coefficient (Wildman–Crippen LogP) is 7.12. The third-order valence-electron chi connectivity index (χ3n) is 7.91. The minimum absolute atomic E-state index is 0.00697. The van der Waals surface area contributed by atoms with Gasteiger partial charge < -0.3 is 5.32 Å². The number of para-hydroxylation sites is 1. The molecule has 1 aliphatic rings. The van der Waals surface area contributed by atoms with Crippen LogP contribution in [0, 0.1) is 6.92 Å². The number of nitrogens with one attached hydrogen (secondary N) is 1. The molecule has 214 valence electrons. The summed E-state index contributed by atoms with van der Waals surface area (Å²) in [5.74, 6) is 0.777. The Kier molecular flexibility index (Phi) is 7.08. The average molecular weight is 586 g/mol. The number of aryl methyl sites for hydroxylation is 1. The first kappa shape index (κ1) is 27.2. The molecule has 43 heavy (non-hydrogen) atoms. The number of nitrogens with zero attached hydrogens (tertiary/aromatic N) is 4. The Bertz CT molecular complexity index is 2070. The van der Waals surface area contributed by atoms with Crippen LogP contribution in [0.25, 0.3) is 32.9 Å². The molecule has 7 rings (SSSR count). The van der Waals surface area contributed by atoms with Crippen LogP contribution in [0.1, 0.15) is 29.5 Å². The molecule has 1 saturated carbocycles. The topological polar surface area (TPSA) is 88.1 Å². The van der Waals surface area contributed by atoms with Crippen LogP contribution in [0.2, 0.25) is 0 Å². The number of sulfonamides is 1. The number of hydrogen-bond acceptors (Lipinski definition) is 6. The van der Waals surface area contributed by atoms with Gasteiger partial charge in [0.25, 0.3) is 0 Å². The number of fused-ring (bicyclic) bond motifs is 2. The number of benzene rings is 4. The lowest BCUT2D eigenvalue weighted by Gasteiger charge is -2.23. The van der Waals surface area contributed by atoms with E-state index in [1.54, 1.807) is 29.0 Å². The van der Waals surface area contributed by atoms with Gasteiger partial charge in [0.05, 0.1) is 11.0 Å². The van der Waals surface area contributed by atoms with E-state index in [-0.39, 0.29) is 10.9 Å². The standard InChI is InChI=1S/C35H31N5O2S/c1-24-6-2-7-25(18-24)21-37-35-31-20-29(13-16-32(31)38-23-39-35)28-10-3-8-26(19-28)22-40(30-14-15-30)43(41,42)33-12-4-9-27-11-5-17-36-34(27)33/h2-13,16-20,23,30H,14-15,21-22H2,1H3,(H,37,38,39). The van der Waals surface area contributed by atoms with Gasteiger partial charge in [-0.1, -0.05) is 72.3 Å². The van der Waals surface area contributed by atoms with E-state index in [1.165, 1.54) is 11.1 Å². The number of anilines is 1. The molecule has 8 heteroatoms. The van der Waals surface area contributed by atoms with Crippen molar-refractivity contribution in [3.05, 3.63) is 126 Å². The summed E-state index contributed by atoms with van der Waals surface area (Å²) in [7, 11) is -3.76. The zero-order valence-electron chi connectivity index (χ0n) is 23.8. The SMILES string of the molecule is Cc1cccc(CNc2ncnc3ccc(-c4cccc(CN(C5CC5)S(=O)(=O)c5cccc6cccnc56)c4)cc23)c1. The quantitative estimate of drug-likeness (QED) is 0.194. The van der Waals surface area contributed by atoms with Crippen molar-refractivity contribution >= 4 is 37.6 Å². The Balaban J connectivity index is 1.18. The van der Waals surface area contributed by atoms with Crippen molar-refractivity contribution in [1.29, 1.82) is 0 Å². The van der Waals surface area contributed by atoms with Crippen molar-refractivity contribution in [3.63, 3.8) is 0 Å². The molecule has 1 N–H and O–H groups in total. The minimum atomic E-state index is -3.76. The van der Waals surface area contributed by atoms with E-state index in [9.17, 15) is 8.42 Å². The fourth-order valence-corrected chi connectivity index (χ4v) is 7.44. The maximum atomic E-state index is 14.0. The summed E-state index contributed by atoms with van der Waals surface area (Å²) in [5.41, 5.74) is 6.73. The van der Waals surface area contributed by atoms with Gasteiger partial charge in [-0.05, 0) is 72.4 Å². The first-order valence-electron chi connectivity index (χ1n) is 14.4. The Morgan fingerprint density at radius 2 is 1.60 bits per heavy atom. The molecule has 2 heterocycles. The molecule has 0 bridgehead atoms. The fraction of sp³-hybridized carbons (Fsp3) is 0.171. The molecule has 0 spiro atoms. The van der Waals surface area contributed by atoms with Crippen molar-refractivity contribution in [3.8, 4) is 11.1 Å². The minimum Gasteiger partial charge on any atom is -0.365 e. The number of hydrogen-bond donors (Lipinski definition) is 1. The lowest BCUT2D eigenvalue weighted by atomic mass is 10.0. The summed E-state index contributed by atoms with van der Waals surface area (Å²) < 4.78 is 29.7. The Morgan fingerprint density at radius 1 is 0.814 bits per heavy atom. The van der Waals surface area contributed by atoms with Crippen LogP contribution < -0.4 is 5.32 Å². The highest BCUT2D eigenvalue weighted by atomic mass is 32.2. The predicted molar refractivity (Wildman–Crippen MR) is 171 cm³/mol. The summed E-state index contributed by atoms with van der Waals surface area (Å²) in [6.45, 7) is 3.04. The van der Waals surface area contributed by atoms with Gasteiger partial charge in [-0.2, -0.15) is 4.31 Å². The molecule has 1 aliphatic carbocycles. The van der Waals surface area contributed by atoms with Crippen LogP contribution >= 0.6 is 0 Å². The third kappa shape index (κ3) is 5.59. The smallest absolute Gasteiger partial charge is 0.245 e. The molecule has 0 atom stereocenters. The van der Waals surface area contributed by atoms with Gasteiger partial charge >= 0.3 is 0 Å². The lowest BCUT2D eigenvalue weighted by molar-refractivity contribution is 0.399. The van der Waals surface area contributed by atoms with E-state index in [2.05, 4.69) is 75.7 Å². The second kappa shape index (κ2) is 11.2. The van der Waals surface area contributed by atoms with Gasteiger partial charge in [0.1, 0.15) is 17.0 Å². The molecule has 4 aromatic carbocycles. The fourth-order valence-electron chi connectivity index (χ4n) is 5.60. The van der Waals surface area contributed by atoms with E-state index in [0.29, 0.717) is 18.6 Å². The van der Waals surface area contributed by atoms with Crippen LogP contribution in [0.4, 0.5) is 5.82 Å². The Hall–Kier alpha value is -4.66. The summed E-state index contributed by atoms with van der Waals surface area (Å²) >= 11 is 0. The highest BCUT2D eigenvalue weighted by molar-refractivity contribution is 7.89. The maximum Gasteiger partial charge on any atom is 0.245 e. The monoisotopic (exact) mass is 585 g/mol. The summed E-state index contributed by atoms with van der Waals surface area (Å²) in [6, 6.07) is 31.7. The zero-order valence-corrected chi connectivity index (χ0v) is 24.6. The molecule has 0 aliphatic heterocycles. The first-order valence-corrected chi connectivity index (χ1v) is 15.9. The molecule has 6 aromatic rings. The van der Waals surface area contributed by atoms with Crippen molar-refractivity contribution < 1.29 is 8.42 Å². The molecule has 2 aromatic heterocycles. The average Bonchev–Trinajstić information content (AvgIpc) is 3.87. The van der Waals surface area contributed by atoms with Gasteiger partial charge in [-0.25, -0.2) is 18.4 Å².